The molecule has 0 spiro atoms. The van der Waals surface area contributed by atoms with Gasteiger partial charge in [-0.3, -0.25) is 9.78 Å². The average Bonchev–Trinajstić information content (AvgIpc) is 2.77. The molecular formula is C21H25B2N4O5+. The highest BCUT2D eigenvalue weighted by atomic mass is 16.4. The third-order valence-electron chi connectivity index (χ3n) is 4.82. The predicted molar refractivity (Wildman–Crippen MR) is 120 cm³/mol. The molecule has 11 heteroatoms. The average molecular weight is 435 g/mol. The molecule has 32 heavy (non-hydrogen) atoms. The van der Waals surface area contributed by atoms with Gasteiger partial charge in [-0.25, -0.2) is 4.57 Å². The number of nitrogens with one attached hydrogen (secondary N) is 1. The second-order valence-corrected chi connectivity index (χ2v) is 7.40. The molecule has 0 radical (unpaired) electrons. The molecule has 164 valence electrons. The van der Waals surface area contributed by atoms with E-state index in [2.05, 4.69) is 10.3 Å². The first-order valence-corrected chi connectivity index (χ1v) is 10.1. The molecule has 0 aliphatic heterocycles. The second-order valence-electron chi connectivity index (χ2n) is 7.40. The Hall–Kier alpha value is -3.08. The highest BCUT2D eigenvalue weighted by Gasteiger charge is 2.17. The van der Waals surface area contributed by atoms with Crippen molar-refractivity contribution in [1.82, 2.24) is 10.3 Å². The van der Waals surface area contributed by atoms with Crippen molar-refractivity contribution in [3.05, 3.63) is 83.4 Å². The summed E-state index contributed by atoms with van der Waals surface area (Å²) in [6.07, 6.45) is 5.27. The first-order chi connectivity index (χ1) is 15.4. The fourth-order valence-corrected chi connectivity index (χ4v) is 3.28. The number of pyridine rings is 2. The van der Waals surface area contributed by atoms with E-state index in [9.17, 15) is 24.9 Å². The first kappa shape index (κ1) is 23.6. The fourth-order valence-electron chi connectivity index (χ4n) is 3.28. The minimum absolute atomic E-state index is 0.241. The summed E-state index contributed by atoms with van der Waals surface area (Å²) in [5.74, 6) is -0.241. The molecule has 1 amide bonds. The van der Waals surface area contributed by atoms with Crippen LogP contribution in [0.1, 0.15) is 27.2 Å². The molecule has 1 aromatic carbocycles. The summed E-state index contributed by atoms with van der Waals surface area (Å²) in [7, 11) is -3.15. The van der Waals surface area contributed by atoms with Gasteiger partial charge < -0.3 is 31.1 Å². The molecule has 3 aromatic rings. The van der Waals surface area contributed by atoms with E-state index in [0.29, 0.717) is 48.2 Å². The highest BCUT2D eigenvalue weighted by Crippen LogP contribution is 2.14. The summed E-state index contributed by atoms with van der Waals surface area (Å²) < 4.78 is 1.80. The molecule has 2 aromatic heterocycles. The van der Waals surface area contributed by atoms with E-state index < -0.39 is 14.2 Å². The van der Waals surface area contributed by atoms with Gasteiger partial charge in [-0.2, -0.15) is 0 Å². The van der Waals surface area contributed by atoms with Crippen LogP contribution in [-0.4, -0.2) is 58.3 Å². The highest BCUT2D eigenvalue weighted by molar-refractivity contribution is 6.58. The number of carbonyl (C=O) groups excluding carboxylic acids is 1. The molecule has 0 unspecified atom stereocenters. The van der Waals surface area contributed by atoms with Gasteiger partial charge in [0, 0.05) is 59.5 Å². The van der Waals surface area contributed by atoms with Gasteiger partial charge in [-0.05, 0) is 29.8 Å². The summed E-state index contributed by atoms with van der Waals surface area (Å²) in [6.45, 7) is 1.10. The molecule has 0 atom stereocenters. The molecule has 7 N–H and O–H groups in total. The summed E-state index contributed by atoms with van der Waals surface area (Å²) in [5, 5.41) is 40.1. The van der Waals surface area contributed by atoms with Gasteiger partial charge in [0.05, 0.1) is 0 Å². The number of nitrogens with zero attached hydrogens (tertiary/aromatic N) is 2. The first-order valence-electron chi connectivity index (χ1n) is 10.1. The van der Waals surface area contributed by atoms with Gasteiger partial charge in [-0.15, -0.1) is 0 Å². The van der Waals surface area contributed by atoms with Gasteiger partial charge in [0.25, 0.3) is 5.91 Å². The van der Waals surface area contributed by atoms with Crippen LogP contribution in [0.25, 0.3) is 0 Å². The standard InChI is InChI=1S/C21H24B2N4O5/c24-5-6-25-21(28)17-9-15(11-20-4-3-18(12-26-20)22(29)30)8-16(10-17)13-27-7-1-2-19(14-27)23(31)32/h1-4,7-10,12,14,29-32H,5-6,11,13,24H2/p+1. The van der Waals surface area contributed by atoms with Crippen molar-refractivity contribution in [2.45, 2.75) is 13.0 Å². The van der Waals surface area contributed by atoms with Crippen LogP contribution in [0.3, 0.4) is 0 Å². The van der Waals surface area contributed by atoms with Crippen LogP contribution < -0.4 is 26.5 Å². The van der Waals surface area contributed by atoms with Crippen LogP contribution in [0, 0.1) is 0 Å². The minimum Gasteiger partial charge on any atom is -0.423 e. The second kappa shape index (κ2) is 11.0. The SMILES string of the molecule is NCCNC(=O)c1cc(Cc2ccc(B(O)O)cn2)cc(C[n+]2cccc(B(O)O)c2)c1. The van der Waals surface area contributed by atoms with Crippen LogP contribution in [0.5, 0.6) is 0 Å². The lowest BCUT2D eigenvalue weighted by atomic mass is 9.81. The van der Waals surface area contributed by atoms with E-state index >= 15 is 0 Å². The quantitative estimate of drug-likeness (QED) is 0.155. The van der Waals surface area contributed by atoms with Gasteiger partial charge in [0.2, 0.25) is 0 Å². The Kier molecular flexibility index (Phi) is 8.09. The Morgan fingerprint density at radius 1 is 1.03 bits per heavy atom. The normalized spacial score (nSPS) is 10.7. The maximum atomic E-state index is 12.6. The monoisotopic (exact) mass is 435 g/mol. The number of rotatable bonds is 9. The Morgan fingerprint density at radius 2 is 1.78 bits per heavy atom. The maximum Gasteiger partial charge on any atom is 0.494 e. The van der Waals surface area contributed by atoms with Crippen LogP contribution in [0.4, 0.5) is 0 Å². The van der Waals surface area contributed by atoms with Crippen LogP contribution >= 0.6 is 0 Å². The third kappa shape index (κ3) is 6.46. The molecule has 0 aliphatic rings. The Bertz CT molecular complexity index is 1060. The molecular weight excluding hydrogens is 410 g/mol. The van der Waals surface area contributed by atoms with Crippen molar-refractivity contribution in [1.29, 1.82) is 0 Å². The molecule has 0 bridgehead atoms. The molecule has 0 fully saturated rings. The lowest BCUT2D eigenvalue weighted by Gasteiger charge is -2.10. The Labute approximate surface area is 186 Å². The zero-order chi connectivity index (χ0) is 23.1. The van der Waals surface area contributed by atoms with Crippen molar-refractivity contribution in [2.75, 3.05) is 13.1 Å². The molecule has 0 saturated heterocycles. The third-order valence-corrected chi connectivity index (χ3v) is 4.82. The zero-order valence-electron chi connectivity index (χ0n) is 17.4. The van der Waals surface area contributed by atoms with Gasteiger partial charge in [-0.1, -0.05) is 12.1 Å². The van der Waals surface area contributed by atoms with Gasteiger partial charge >= 0.3 is 14.2 Å². The number of nitrogens with two attached hydrogens (primary N) is 1. The summed E-state index contributed by atoms with van der Waals surface area (Å²) >= 11 is 0. The maximum absolute atomic E-state index is 12.6. The largest absolute Gasteiger partial charge is 0.494 e. The smallest absolute Gasteiger partial charge is 0.423 e. The lowest BCUT2D eigenvalue weighted by molar-refractivity contribution is -0.687. The van der Waals surface area contributed by atoms with Crippen molar-refractivity contribution >= 4 is 31.1 Å². The van der Waals surface area contributed by atoms with E-state index in [1.165, 1.54) is 6.20 Å². The van der Waals surface area contributed by atoms with E-state index in [4.69, 9.17) is 5.73 Å². The van der Waals surface area contributed by atoms with E-state index in [1.807, 2.05) is 6.07 Å². The van der Waals surface area contributed by atoms with E-state index in [0.717, 1.165) is 11.1 Å². The Morgan fingerprint density at radius 3 is 2.44 bits per heavy atom. The van der Waals surface area contributed by atoms with Crippen LogP contribution in [-0.2, 0) is 13.0 Å². The van der Waals surface area contributed by atoms with Crippen molar-refractivity contribution in [2.24, 2.45) is 5.73 Å². The number of aromatic nitrogens is 2. The fraction of sp³-hybridized carbons (Fsp3) is 0.190. The molecule has 2 heterocycles. The predicted octanol–water partition coefficient (Wildman–Crippen LogP) is -2.94. The molecule has 0 saturated carbocycles. The number of carbonyl (C=O) groups is 1. The number of hydrogen-bond acceptors (Lipinski definition) is 7. The van der Waals surface area contributed by atoms with E-state index in [1.54, 1.807) is 53.4 Å². The molecule has 0 aliphatic carbocycles. The van der Waals surface area contributed by atoms with Crippen molar-refractivity contribution in [3.8, 4) is 0 Å². The summed E-state index contributed by atoms with van der Waals surface area (Å²) in [6, 6.07) is 12.1. The van der Waals surface area contributed by atoms with E-state index in [-0.39, 0.29) is 5.91 Å². The molecule has 3 rings (SSSR count). The van der Waals surface area contributed by atoms with Crippen LogP contribution in [0.15, 0.2) is 61.1 Å². The topological polar surface area (TPSA) is 153 Å². The summed E-state index contributed by atoms with van der Waals surface area (Å²) in [4.78, 5) is 16.8. The van der Waals surface area contributed by atoms with Gasteiger partial charge in [0.1, 0.15) is 0 Å². The molecule has 9 nitrogen and oxygen atoms in total. The zero-order valence-corrected chi connectivity index (χ0v) is 17.4. The van der Waals surface area contributed by atoms with Crippen molar-refractivity contribution < 1.29 is 29.5 Å². The van der Waals surface area contributed by atoms with Crippen molar-refractivity contribution in [3.63, 3.8) is 0 Å². The number of benzene rings is 1. The Balaban J connectivity index is 1.90. The summed E-state index contributed by atoms with van der Waals surface area (Å²) in [5.41, 5.74) is 9.03. The lowest BCUT2D eigenvalue weighted by Crippen LogP contribution is -2.42. The number of amides is 1. The van der Waals surface area contributed by atoms with Gasteiger partial charge in [0.15, 0.2) is 18.9 Å². The van der Waals surface area contributed by atoms with Crippen LogP contribution in [0.2, 0.25) is 0 Å². The number of hydrogen-bond donors (Lipinski definition) is 6. The minimum atomic E-state index is -1.58.